The minimum absolute atomic E-state index is 0.176. The molecule has 0 aromatic heterocycles. The van der Waals surface area contributed by atoms with Crippen molar-refractivity contribution < 1.29 is 9.59 Å². The third-order valence-electron chi connectivity index (χ3n) is 1.90. The second-order valence-electron chi connectivity index (χ2n) is 3.26. The molecule has 2 unspecified atom stereocenters. The van der Waals surface area contributed by atoms with E-state index in [9.17, 15) is 9.59 Å². The predicted octanol–water partition coefficient (Wildman–Crippen LogP) is -0.778. The lowest BCUT2D eigenvalue weighted by Gasteiger charge is -2.15. The van der Waals surface area contributed by atoms with Crippen molar-refractivity contribution in [1.82, 2.24) is 10.6 Å². The summed E-state index contributed by atoms with van der Waals surface area (Å²) in [6.07, 6.45) is 0. The summed E-state index contributed by atoms with van der Waals surface area (Å²) in [5.41, 5.74) is 5.32. The summed E-state index contributed by atoms with van der Waals surface area (Å²) in [5, 5.41) is 5.21. The molecule has 0 radical (unpaired) electrons. The number of rotatable bonds is 5. The van der Waals surface area contributed by atoms with Gasteiger partial charge >= 0.3 is 0 Å². The fourth-order valence-corrected chi connectivity index (χ4v) is 0.856. The molecular weight excluding hydrogens is 182 g/mol. The Morgan fingerprint density at radius 1 is 1.29 bits per heavy atom. The molecular formula is C9H19N3O2. The molecule has 0 aliphatic heterocycles. The monoisotopic (exact) mass is 201 g/mol. The van der Waals surface area contributed by atoms with Crippen molar-refractivity contribution >= 4 is 11.8 Å². The fourth-order valence-electron chi connectivity index (χ4n) is 0.856. The Labute approximate surface area is 84.4 Å². The van der Waals surface area contributed by atoms with Gasteiger partial charge in [-0.05, 0) is 13.8 Å². The molecule has 0 aliphatic rings. The maximum Gasteiger partial charge on any atom is 0.242 e. The van der Waals surface area contributed by atoms with E-state index in [2.05, 4.69) is 10.6 Å². The highest BCUT2D eigenvalue weighted by molar-refractivity contribution is 5.88. The quantitative estimate of drug-likeness (QED) is 0.545. The summed E-state index contributed by atoms with van der Waals surface area (Å²) in [4.78, 5) is 22.6. The maximum atomic E-state index is 11.3. The minimum atomic E-state index is -0.503. The van der Waals surface area contributed by atoms with Crippen LogP contribution in [-0.2, 0) is 9.59 Å². The molecule has 0 aromatic rings. The first-order valence-electron chi connectivity index (χ1n) is 4.81. The van der Waals surface area contributed by atoms with Crippen LogP contribution in [0.5, 0.6) is 0 Å². The topological polar surface area (TPSA) is 84.2 Å². The first kappa shape index (κ1) is 12.9. The molecule has 0 saturated carbocycles. The zero-order valence-corrected chi connectivity index (χ0v) is 8.96. The van der Waals surface area contributed by atoms with E-state index in [1.807, 2.05) is 6.92 Å². The molecule has 82 valence electrons. The molecule has 0 rings (SSSR count). The Morgan fingerprint density at radius 3 is 2.29 bits per heavy atom. The SMILES string of the molecule is CCNC(=O)C(C)NC(=O)C(C)CN. The highest BCUT2D eigenvalue weighted by Gasteiger charge is 2.17. The number of nitrogens with one attached hydrogen (secondary N) is 2. The van der Waals surface area contributed by atoms with Gasteiger partial charge in [0.25, 0.3) is 0 Å². The molecule has 2 atom stereocenters. The second-order valence-corrected chi connectivity index (χ2v) is 3.26. The maximum absolute atomic E-state index is 11.3. The number of carbonyl (C=O) groups excluding carboxylic acids is 2. The molecule has 0 aliphatic carbocycles. The van der Waals surface area contributed by atoms with Crippen LogP contribution in [-0.4, -0.2) is 30.9 Å². The van der Waals surface area contributed by atoms with Crippen LogP contribution < -0.4 is 16.4 Å². The molecule has 0 heterocycles. The summed E-state index contributed by atoms with van der Waals surface area (Å²) < 4.78 is 0. The van der Waals surface area contributed by atoms with E-state index in [-0.39, 0.29) is 24.3 Å². The van der Waals surface area contributed by atoms with Gasteiger partial charge in [0.1, 0.15) is 6.04 Å². The van der Waals surface area contributed by atoms with Crippen molar-refractivity contribution in [1.29, 1.82) is 0 Å². The second kappa shape index (κ2) is 6.37. The third-order valence-corrected chi connectivity index (χ3v) is 1.90. The molecule has 0 saturated heterocycles. The van der Waals surface area contributed by atoms with Crippen LogP contribution in [0.15, 0.2) is 0 Å². The lowest BCUT2D eigenvalue weighted by molar-refractivity contribution is -0.130. The summed E-state index contributed by atoms with van der Waals surface area (Å²) in [5.74, 6) is -0.622. The van der Waals surface area contributed by atoms with Gasteiger partial charge in [0.2, 0.25) is 11.8 Å². The van der Waals surface area contributed by atoms with Gasteiger partial charge < -0.3 is 16.4 Å². The molecule has 0 fully saturated rings. The number of carbonyl (C=O) groups is 2. The third kappa shape index (κ3) is 4.23. The van der Waals surface area contributed by atoms with Crippen molar-refractivity contribution in [2.45, 2.75) is 26.8 Å². The van der Waals surface area contributed by atoms with E-state index in [1.54, 1.807) is 13.8 Å². The van der Waals surface area contributed by atoms with Gasteiger partial charge in [-0.1, -0.05) is 6.92 Å². The molecule has 5 nitrogen and oxygen atoms in total. The van der Waals surface area contributed by atoms with E-state index in [0.29, 0.717) is 6.54 Å². The van der Waals surface area contributed by atoms with Crippen LogP contribution in [0.25, 0.3) is 0 Å². The van der Waals surface area contributed by atoms with Crippen LogP contribution in [0.1, 0.15) is 20.8 Å². The minimum Gasteiger partial charge on any atom is -0.355 e. The zero-order chi connectivity index (χ0) is 11.1. The molecule has 0 aromatic carbocycles. The Kier molecular flexibility index (Phi) is 5.87. The van der Waals surface area contributed by atoms with Gasteiger partial charge in [-0.25, -0.2) is 0 Å². The van der Waals surface area contributed by atoms with Crippen molar-refractivity contribution in [2.75, 3.05) is 13.1 Å². The van der Waals surface area contributed by atoms with Gasteiger partial charge in [-0.3, -0.25) is 9.59 Å². The highest BCUT2D eigenvalue weighted by Crippen LogP contribution is 1.92. The van der Waals surface area contributed by atoms with Crippen LogP contribution >= 0.6 is 0 Å². The predicted molar refractivity (Wildman–Crippen MR) is 54.5 cm³/mol. The number of amides is 2. The van der Waals surface area contributed by atoms with E-state index >= 15 is 0 Å². The summed E-state index contributed by atoms with van der Waals surface area (Å²) >= 11 is 0. The van der Waals surface area contributed by atoms with E-state index in [0.717, 1.165) is 0 Å². The van der Waals surface area contributed by atoms with Crippen LogP contribution in [0.4, 0.5) is 0 Å². The molecule has 0 spiro atoms. The van der Waals surface area contributed by atoms with Gasteiger partial charge in [-0.15, -0.1) is 0 Å². The van der Waals surface area contributed by atoms with Gasteiger partial charge in [0, 0.05) is 19.0 Å². The van der Waals surface area contributed by atoms with Crippen molar-refractivity contribution in [2.24, 2.45) is 11.7 Å². The Bertz CT molecular complexity index is 206. The Balaban J connectivity index is 3.99. The first-order chi connectivity index (χ1) is 6.52. The highest BCUT2D eigenvalue weighted by atomic mass is 16.2. The zero-order valence-electron chi connectivity index (χ0n) is 8.96. The largest absolute Gasteiger partial charge is 0.355 e. The van der Waals surface area contributed by atoms with Crippen LogP contribution in [0.3, 0.4) is 0 Å². The van der Waals surface area contributed by atoms with Crippen molar-refractivity contribution in [3.8, 4) is 0 Å². The smallest absolute Gasteiger partial charge is 0.242 e. The number of hydrogen-bond donors (Lipinski definition) is 3. The summed E-state index contributed by atoms with van der Waals surface area (Å²) in [6, 6.07) is -0.503. The molecule has 0 bridgehead atoms. The van der Waals surface area contributed by atoms with E-state index < -0.39 is 6.04 Å². The average Bonchev–Trinajstić information content (AvgIpc) is 2.16. The van der Waals surface area contributed by atoms with Gasteiger partial charge in [0.15, 0.2) is 0 Å². The molecule has 14 heavy (non-hydrogen) atoms. The van der Waals surface area contributed by atoms with Crippen molar-refractivity contribution in [3.63, 3.8) is 0 Å². The fraction of sp³-hybridized carbons (Fsp3) is 0.778. The number of hydrogen-bond acceptors (Lipinski definition) is 3. The average molecular weight is 201 g/mol. The normalized spacial score (nSPS) is 14.3. The summed E-state index contributed by atoms with van der Waals surface area (Å²) in [6.45, 7) is 6.04. The lowest BCUT2D eigenvalue weighted by Crippen LogP contribution is -2.47. The Morgan fingerprint density at radius 2 is 1.86 bits per heavy atom. The molecule has 4 N–H and O–H groups in total. The number of likely N-dealkylation sites (N-methyl/N-ethyl adjacent to an activating group) is 1. The Hall–Kier alpha value is -1.10. The standard InChI is InChI=1S/C9H19N3O2/c1-4-11-9(14)7(3)12-8(13)6(2)5-10/h6-7H,4-5,10H2,1-3H3,(H,11,14)(H,12,13). The molecule has 2 amide bonds. The first-order valence-corrected chi connectivity index (χ1v) is 4.81. The van der Waals surface area contributed by atoms with Crippen LogP contribution in [0, 0.1) is 5.92 Å². The number of nitrogens with two attached hydrogens (primary N) is 1. The van der Waals surface area contributed by atoms with Gasteiger partial charge in [0.05, 0.1) is 0 Å². The van der Waals surface area contributed by atoms with Gasteiger partial charge in [-0.2, -0.15) is 0 Å². The van der Waals surface area contributed by atoms with E-state index in [1.165, 1.54) is 0 Å². The van der Waals surface area contributed by atoms with Crippen molar-refractivity contribution in [3.05, 3.63) is 0 Å². The van der Waals surface area contributed by atoms with Crippen LogP contribution in [0.2, 0.25) is 0 Å². The molecule has 5 heteroatoms. The van der Waals surface area contributed by atoms with E-state index in [4.69, 9.17) is 5.73 Å². The summed E-state index contributed by atoms with van der Waals surface area (Å²) in [7, 11) is 0. The lowest BCUT2D eigenvalue weighted by atomic mass is 10.1.